The maximum absolute atomic E-state index is 13.1. The van der Waals surface area contributed by atoms with Gasteiger partial charge < -0.3 is 5.32 Å². The largest absolute Gasteiger partial charge is 0.324 e. The van der Waals surface area contributed by atoms with Crippen molar-refractivity contribution in [2.45, 2.75) is 32.7 Å². The van der Waals surface area contributed by atoms with Crippen LogP contribution in [0, 0.1) is 11.7 Å². The minimum absolute atomic E-state index is 0.182. The number of hydrogen-bond donors (Lipinski definition) is 1. The predicted octanol–water partition coefficient (Wildman–Crippen LogP) is 2.15. The zero-order chi connectivity index (χ0) is 16.4. The number of fused-ring (bicyclic) bond motifs is 1. The minimum atomic E-state index is -0.430. The first-order valence-corrected chi connectivity index (χ1v) is 7.66. The maximum Gasteiger partial charge on any atom is 0.267 e. The molecule has 3 rings (SSSR count). The highest BCUT2D eigenvalue weighted by Crippen LogP contribution is 2.22. The Morgan fingerprint density at radius 3 is 3.04 bits per heavy atom. The lowest BCUT2D eigenvalue weighted by Crippen LogP contribution is -2.32. The molecule has 0 bridgehead atoms. The third kappa shape index (κ3) is 3.64. The first kappa shape index (κ1) is 15.4. The number of carbonyl (C=O) groups excluding carboxylic acids is 1. The molecule has 1 aliphatic rings. The van der Waals surface area contributed by atoms with Crippen molar-refractivity contribution in [1.29, 1.82) is 0 Å². The standard InChI is InChI=1S/C17H18FN3O2/c1-11-5-6-15-12(7-11)8-17(23)21(20-15)10-16(22)19-14-4-2-3-13(18)9-14/h2-4,8-9,11H,5-7,10H2,1H3,(H,19,22)/t11-/m0/s1. The van der Waals surface area contributed by atoms with Crippen LogP contribution in [0.3, 0.4) is 0 Å². The fraction of sp³-hybridized carbons (Fsp3) is 0.353. The molecule has 0 aliphatic heterocycles. The number of benzene rings is 1. The Bertz CT molecular complexity index is 801. The molecule has 2 aromatic rings. The predicted molar refractivity (Wildman–Crippen MR) is 84.7 cm³/mol. The summed E-state index contributed by atoms with van der Waals surface area (Å²) in [5.41, 5.74) is 1.94. The van der Waals surface area contributed by atoms with Crippen molar-refractivity contribution in [3.05, 3.63) is 57.8 Å². The molecule has 1 aromatic carbocycles. The van der Waals surface area contributed by atoms with Crippen LogP contribution in [0.2, 0.25) is 0 Å². The van der Waals surface area contributed by atoms with Gasteiger partial charge in [-0.1, -0.05) is 13.0 Å². The Balaban J connectivity index is 1.75. The van der Waals surface area contributed by atoms with E-state index in [-0.39, 0.29) is 12.1 Å². The molecule has 1 aromatic heterocycles. The number of carbonyl (C=O) groups is 1. The number of aryl methyl sites for hydroxylation is 1. The van der Waals surface area contributed by atoms with E-state index < -0.39 is 11.7 Å². The van der Waals surface area contributed by atoms with Gasteiger partial charge >= 0.3 is 0 Å². The van der Waals surface area contributed by atoms with E-state index in [0.717, 1.165) is 30.5 Å². The van der Waals surface area contributed by atoms with Crippen molar-refractivity contribution in [3.63, 3.8) is 0 Å². The number of aromatic nitrogens is 2. The quantitative estimate of drug-likeness (QED) is 0.944. The summed E-state index contributed by atoms with van der Waals surface area (Å²) in [5, 5.41) is 6.88. The van der Waals surface area contributed by atoms with E-state index in [0.29, 0.717) is 11.6 Å². The Morgan fingerprint density at radius 2 is 2.26 bits per heavy atom. The zero-order valence-electron chi connectivity index (χ0n) is 12.9. The van der Waals surface area contributed by atoms with Gasteiger partial charge in [-0.3, -0.25) is 9.59 Å². The summed E-state index contributed by atoms with van der Waals surface area (Å²) in [5.74, 6) is -0.286. The number of halogens is 1. The van der Waals surface area contributed by atoms with Crippen LogP contribution in [-0.4, -0.2) is 15.7 Å². The molecule has 1 amide bonds. The molecule has 0 spiro atoms. The summed E-state index contributed by atoms with van der Waals surface area (Å²) < 4.78 is 14.3. The second kappa shape index (κ2) is 6.32. The minimum Gasteiger partial charge on any atom is -0.324 e. The monoisotopic (exact) mass is 315 g/mol. The number of rotatable bonds is 3. The van der Waals surface area contributed by atoms with Gasteiger partial charge in [0, 0.05) is 11.8 Å². The lowest BCUT2D eigenvalue weighted by molar-refractivity contribution is -0.117. The van der Waals surface area contributed by atoms with Crippen molar-refractivity contribution in [3.8, 4) is 0 Å². The van der Waals surface area contributed by atoms with Crippen LogP contribution in [0.1, 0.15) is 24.6 Å². The van der Waals surface area contributed by atoms with Crippen LogP contribution in [-0.2, 0) is 24.2 Å². The van der Waals surface area contributed by atoms with Gasteiger partial charge in [0.1, 0.15) is 12.4 Å². The number of nitrogens with zero attached hydrogens (tertiary/aromatic N) is 2. The summed E-state index contributed by atoms with van der Waals surface area (Å²) >= 11 is 0. The molecule has 0 saturated heterocycles. The zero-order valence-corrected chi connectivity index (χ0v) is 12.9. The molecule has 6 heteroatoms. The van der Waals surface area contributed by atoms with E-state index in [2.05, 4.69) is 17.3 Å². The smallest absolute Gasteiger partial charge is 0.267 e. The van der Waals surface area contributed by atoms with Gasteiger partial charge in [0.05, 0.1) is 5.69 Å². The molecule has 1 N–H and O–H groups in total. The van der Waals surface area contributed by atoms with Gasteiger partial charge in [-0.15, -0.1) is 0 Å². The molecule has 1 heterocycles. The van der Waals surface area contributed by atoms with E-state index in [1.54, 1.807) is 12.1 Å². The Morgan fingerprint density at radius 1 is 1.43 bits per heavy atom. The van der Waals surface area contributed by atoms with Gasteiger partial charge in [0.2, 0.25) is 5.91 Å². The highest BCUT2D eigenvalue weighted by molar-refractivity contribution is 5.90. The van der Waals surface area contributed by atoms with E-state index >= 15 is 0 Å². The number of hydrogen-bond acceptors (Lipinski definition) is 3. The number of amides is 1. The van der Waals surface area contributed by atoms with Gasteiger partial charge in [-0.25, -0.2) is 9.07 Å². The first-order valence-electron chi connectivity index (χ1n) is 7.66. The van der Waals surface area contributed by atoms with Gasteiger partial charge in [-0.2, -0.15) is 5.10 Å². The van der Waals surface area contributed by atoms with Gasteiger partial charge in [-0.05, 0) is 48.9 Å². The van der Waals surface area contributed by atoms with Crippen molar-refractivity contribution < 1.29 is 9.18 Å². The Kier molecular flexibility index (Phi) is 4.23. The second-order valence-electron chi connectivity index (χ2n) is 6.02. The fourth-order valence-corrected chi connectivity index (χ4v) is 2.83. The molecular formula is C17H18FN3O2. The summed E-state index contributed by atoms with van der Waals surface area (Å²) in [6, 6.07) is 7.20. The lowest BCUT2D eigenvalue weighted by Gasteiger charge is -2.20. The van der Waals surface area contributed by atoms with Crippen molar-refractivity contribution in [1.82, 2.24) is 9.78 Å². The van der Waals surface area contributed by atoms with Crippen LogP contribution >= 0.6 is 0 Å². The summed E-state index contributed by atoms with van der Waals surface area (Å²) in [6.07, 6.45) is 2.71. The molecule has 0 radical (unpaired) electrons. The third-order valence-electron chi connectivity index (χ3n) is 4.01. The molecule has 1 aliphatic carbocycles. The Hall–Kier alpha value is -2.50. The van der Waals surface area contributed by atoms with Crippen LogP contribution in [0.4, 0.5) is 10.1 Å². The van der Waals surface area contributed by atoms with E-state index in [9.17, 15) is 14.0 Å². The molecule has 0 saturated carbocycles. The maximum atomic E-state index is 13.1. The molecule has 1 atom stereocenters. The summed E-state index contributed by atoms with van der Waals surface area (Å²) in [4.78, 5) is 24.1. The molecule has 0 unspecified atom stereocenters. The van der Waals surface area contributed by atoms with Crippen LogP contribution in [0.5, 0.6) is 0 Å². The summed E-state index contributed by atoms with van der Waals surface area (Å²) in [7, 11) is 0. The average Bonchev–Trinajstić information content (AvgIpc) is 2.48. The summed E-state index contributed by atoms with van der Waals surface area (Å²) in [6.45, 7) is 1.97. The number of nitrogens with one attached hydrogen (secondary N) is 1. The normalized spacial score (nSPS) is 16.7. The average molecular weight is 315 g/mol. The molecule has 23 heavy (non-hydrogen) atoms. The van der Waals surface area contributed by atoms with Crippen LogP contribution < -0.4 is 10.9 Å². The molecule has 5 nitrogen and oxygen atoms in total. The molecule has 0 fully saturated rings. The molecular weight excluding hydrogens is 297 g/mol. The molecule has 120 valence electrons. The topological polar surface area (TPSA) is 64.0 Å². The fourth-order valence-electron chi connectivity index (χ4n) is 2.83. The Labute approximate surface area is 133 Å². The van der Waals surface area contributed by atoms with E-state index in [1.807, 2.05) is 0 Å². The number of anilines is 1. The van der Waals surface area contributed by atoms with Crippen molar-refractivity contribution >= 4 is 11.6 Å². The van der Waals surface area contributed by atoms with E-state index in [4.69, 9.17) is 0 Å². The first-order chi connectivity index (χ1) is 11.0. The SMILES string of the molecule is C[C@H]1CCc2nn(CC(=O)Nc3cccc(F)c3)c(=O)cc2C1. The lowest BCUT2D eigenvalue weighted by atomic mass is 9.88. The van der Waals surface area contributed by atoms with Gasteiger partial charge in [0.15, 0.2) is 0 Å². The highest BCUT2D eigenvalue weighted by Gasteiger charge is 2.18. The van der Waals surface area contributed by atoms with Crippen LogP contribution in [0.15, 0.2) is 35.1 Å². The van der Waals surface area contributed by atoms with Crippen molar-refractivity contribution in [2.75, 3.05) is 5.32 Å². The van der Waals surface area contributed by atoms with E-state index in [1.165, 1.54) is 22.9 Å². The van der Waals surface area contributed by atoms with Crippen molar-refractivity contribution in [2.24, 2.45) is 5.92 Å². The second-order valence-corrected chi connectivity index (χ2v) is 6.02. The van der Waals surface area contributed by atoms with Gasteiger partial charge in [0.25, 0.3) is 5.56 Å². The highest BCUT2D eigenvalue weighted by atomic mass is 19.1. The van der Waals surface area contributed by atoms with Crippen LogP contribution in [0.25, 0.3) is 0 Å². The third-order valence-corrected chi connectivity index (χ3v) is 4.01.